The van der Waals surface area contributed by atoms with Crippen molar-refractivity contribution in [2.45, 2.75) is 39.2 Å². The van der Waals surface area contributed by atoms with Gasteiger partial charge in [-0.2, -0.15) is 0 Å². The molecule has 7 heteroatoms. The average Bonchev–Trinajstić information content (AvgIpc) is 3.12. The van der Waals surface area contributed by atoms with Crippen molar-refractivity contribution in [2.24, 2.45) is 10.9 Å². The topological polar surface area (TPSA) is 91.5 Å². The molecule has 0 bridgehead atoms. The number of amides is 1. The zero-order valence-electron chi connectivity index (χ0n) is 16.6. The van der Waals surface area contributed by atoms with Crippen LogP contribution >= 0.6 is 0 Å². The Hall–Kier alpha value is -2.83. The van der Waals surface area contributed by atoms with Crippen LogP contribution in [0.4, 0.5) is 0 Å². The molecule has 0 saturated heterocycles. The van der Waals surface area contributed by atoms with Crippen molar-refractivity contribution < 1.29 is 9.21 Å². The fraction of sp³-hybridized carbons (Fsp3) is 0.476. The molecule has 28 heavy (non-hydrogen) atoms. The summed E-state index contributed by atoms with van der Waals surface area (Å²) < 4.78 is 5.57. The highest BCUT2D eigenvalue weighted by molar-refractivity contribution is 5.80. The van der Waals surface area contributed by atoms with Crippen LogP contribution in [-0.2, 0) is 11.3 Å². The molecule has 1 saturated carbocycles. The van der Waals surface area contributed by atoms with Crippen molar-refractivity contribution in [1.82, 2.24) is 20.9 Å². The molecule has 0 unspecified atom stereocenters. The summed E-state index contributed by atoms with van der Waals surface area (Å²) in [5.74, 6) is 1.76. The number of benzene rings is 1. The minimum Gasteiger partial charge on any atom is -0.444 e. The molecule has 0 atom stereocenters. The van der Waals surface area contributed by atoms with E-state index < -0.39 is 0 Å². The van der Waals surface area contributed by atoms with Gasteiger partial charge < -0.3 is 20.4 Å². The van der Waals surface area contributed by atoms with Crippen LogP contribution in [0.3, 0.4) is 0 Å². The Balaban J connectivity index is 1.36. The molecule has 1 amide bonds. The number of oxazole rings is 1. The molecule has 0 spiro atoms. The van der Waals surface area contributed by atoms with Gasteiger partial charge in [-0.1, -0.05) is 24.1 Å². The zero-order valence-corrected chi connectivity index (χ0v) is 16.6. The first-order valence-electron chi connectivity index (χ1n) is 9.89. The predicted octanol–water partition coefficient (Wildman–Crippen LogP) is 2.62. The molecule has 0 aliphatic heterocycles. The van der Waals surface area contributed by atoms with Crippen LogP contribution in [0.1, 0.15) is 36.9 Å². The maximum Gasteiger partial charge on any atom is 0.226 e. The highest BCUT2D eigenvalue weighted by Gasteiger charge is 2.24. The largest absolute Gasteiger partial charge is 0.444 e. The number of aryl methyl sites for hydroxylation is 1. The lowest BCUT2D eigenvalue weighted by molar-refractivity contribution is -0.127. The highest BCUT2D eigenvalue weighted by atomic mass is 16.3. The first-order valence-corrected chi connectivity index (χ1v) is 9.89. The molecule has 0 radical (unpaired) electrons. The summed E-state index contributed by atoms with van der Waals surface area (Å²) in [6.45, 7) is 3.99. The average molecular weight is 383 g/mol. The van der Waals surface area contributed by atoms with E-state index in [9.17, 15) is 4.79 Å². The molecule has 150 valence electrons. The van der Waals surface area contributed by atoms with E-state index in [1.807, 2.05) is 24.3 Å². The van der Waals surface area contributed by atoms with E-state index >= 15 is 0 Å². The molecule has 1 aromatic carbocycles. The van der Waals surface area contributed by atoms with Gasteiger partial charge >= 0.3 is 0 Å². The number of aromatic nitrogens is 1. The standard InChI is InChI=1S/C21H29N5O2/c1-15-7-9-17(10-8-15)20-26-18(14-28-20)13-25-21(22-2)24-12-4-11-23-19(27)16-5-3-6-16/h7-10,14,16H,3-6,11-13H2,1-2H3,(H,23,27)(H2,22,24,25). The Bertz CT molecular complexity index is 793. The van der Waals surface area contributed by atoms with Crippen molar-refractivity contribution in [3.63, 3.8) is 0 Å². The maximum absolute atomic E-state index is 11.8. The van der Waals surface area contributed by atoms with Crippen molar-refractivity contribution in [3.05, 3.63) is 41.8 Å². The van der Waals surface area contributed by atoms with Gasteiger partial charge in [-0.3, -0.25) is 9.79 Å². The highest BCUT2D eigenvalue weighted by Crippen LogP contribution is 2.26. The lowest BCUT2D eigenvalue weighted by Crippen LogP contribution is -2.39. The maximum atomic E-state index is 11.8. The smallest absolute Gasteiger partial charge is 0.226 e. The Morgan fingerprint density at radius 2 is 1.93 bits per heavy atom. The van der Waals surface area contributed by atoms with Gasteiger partial charge in [0.25, 0.3) is 0 Å². The molecule has 1 aliphatic rings. The number of aliphatic imine (C=N–C) groups is 1. The Morgan fingerprint density at radius 3 is 2.61 bits per heavy atom. The van der Waals surface area contributed by atoms with Crippen LogP contribution in [0.2, 0.25) is 0 Å². The van der Waals surface area contributed by atoms with Gasteiger partial charge in [-0.15, -0.1) is 0 Å². The summed E-state index contributed by atoms with van der Waals surface area (Å²) >= 11 is 0. The molecule has 1 fully saturated rings. The number of hydrogen-bond donors (Lipinski definition) is 3. The van der Waals surface area contributed by atoms with Crippen LogP contribution in [-0.4, -0.2) is 37.0 Å². The van der Waals surface area contributed by atoms with Crippen LogP contribution in [0.15, 0.2) is 39.9 Å². The van der Waals surface area contributed by atoms with Gasteiger partial charge in [0.15, 0.2) is 5.96 Å². The first-order chi connectivity index (χ1) is 13.7. The van der Waals surface area contributed by atoms with Gasteiger partial charge in [0.1, 0.15) is 6.26 Å². The molecule has 1 aliphatic carbocycles. The lowest BCUT2D eigenvalue weighted by atomic mass is 9.85. The van der Waals surface area contributed by atoms with Crippen LogP contribution in [0.25, 0.3) is 11.5 Å². The van der Waals surface area contributed by atoms with Crippen LogP contribution < -0.4 is 16.0 Å². The summed E-state index contributed by atoms with van der Waals surface area (Å²) in [5.41, 5.74) is 2.98. The first kappa shape index (κ1) is 19.9. The number of nitrogens with zero attached hydrogens (tertiary/aromatic N) is 2. The molecular weight excluding hydrogens is 354 g/mol. The molecule has 7 nitrogen and oxygen atoms in total. The van der Waals surface area contributed by atoms with Crippen molar-refractivity contribution in [3.8, 4) is 11.5 Å². The van der Waals surface area contributed by atoms with E-state index in [1.165, 1.54) is 12.0 Å². The fourth-order valence-electron chi connectivity index (χ4n) is 2.93. The van der Waals surface area contributed by atoms with Crippen molar-refractivity contribution in [1.29, 1.82) is 0 Å². The zero-order chi connectivity index (χ0) is 19.8. The van der Waals surface area contributed by atoms with E-state index in [1.54, 1.807) is 13.3 Å². The van der Waals surface area contributed by atoms with Gasteiger partial charge in [-0.25, -0.2) is 4.98 Å². The van der Waals surface area contributed by atoms with Gasteiger partial charge in [0.2, 0.25) is 11.8 Å². The number of rotatable bonds is 8. The molecule has 1 aromatic heterocycles. The monoisotopic (exact) mass is 383 g/mol. The van der Waals surface area contributed by atoms with Gasteiger partial charge in [-0.05, 0) is 38.3 Å². The Morgan fingerprint density at radius 1 is 1.18 bits per heavy atom. The second-order valence-corrected chi connectivity index (χ2v) is 7.13. The van der Waals surface area contributed by atoms with Crippen LogP contribution in [0, 0.1) is 12.8 Å². The number of guanidine groups is 1. The van der Waals surface area contributed by atoms with E-state index in [0.29, 0.717) is 24.9 Å². The van der Waals surface area contributed by atoms with E-state index in [2.05, 4.69) is 32.9 Å². The Kier molecular flexibility index (Phi) is 7.06. The predicted molar refractivity (Wildman–Crippen MR) is 110 cm³/mol. The number of hydrogen-bond acceptors (Lipinski definition) is 4. The Labute approximate surface area is 166 Å². The minimum atomic E-state index is 0.198. The summed E-state index contributed by atoms with van der Waals surface area (Å²) in [7, 11) is 1.73. The lowest BCUT2D eigenvalue weighted by Gasteiger charge is -2.24. The molecule has 3 rings (SSSR count). The molecular formula is C21H29N5O2. The number of nitrogens with one attached hydrogen (secondary N) is 3. The minimum absolute atomic E-state index is 0.198. The van der Waals surface area contributed by atoms with Crippen LogP contribution in [0.5, 0.6) is 0 Å². The number of carbonyl (C=O) groups is 1. The third-order valence-corrected chi connectivity index (χ3v) is 4.93. The summed E-state index contributed by atoms with van der Waals surface area (Å²) in [4.78, 5) is 20.5. The van der Waals surface area contributed by atoms with Crippen molar-refractivity contribution >= 4 is 11.9 Å². The normalized spacial score (nSPS) is 14.4. The van der Waals surface area contributed by atoms with E-state index in [4.69, 9.17) is 4.42 Å². The van der Waals surface area contributed by atoms with E-state index in [-0.39, 0.29) is 11.8 Å². The second kappa shape index (κ2) is 9.92. The molecule has 3 N–H and O–H groups in total. The summed E-state index contributed by atoms with van der Waals surface area (Å²) in [6, 6.07) is 8.08. The summed E-state index contributed by atoms with van der Waals surface area (Å²) in [5, 5.41) is 9.46. The quantitative estimate of drug-likeness (QED) is 0.370. The second-order valence-electron chi connectivity index (χ2n) is 7.13. The third kappa shape index (κ3) is 5.58. The third-order valence-electron chi connectivity index (χ3n) is 4.93. The van der Waals surface area contributed by atoms with Crippen molar-refractivity contribution in [2.75, 3.05) is 20.1 Å². The SMILES string of the molecule is CN=C(NCCCNC(=O)C1CCC1)NCc1coc(-c2ccc(C)cc2)n1. The fourth-order valence-corrected chi connectivity index (χ4v) is 2.93. The van der Waals surface area contributed by atoms with Gasteiger partial charge in [0, 0.05) is 31.6 Å². The molecule has 1 heterocycles. The molecule has 2 aromatic rings. The van der Waals surface area contributed by atoms with E-state index in [0.717, 1.165) is 37.1 Å². The van der Waals surface area contributed by atoms with Gasteiger partial charge in [0.05, 0.1) is 12.2 Å². The summed E-state index contributed by atoms with van der Waals surface area (Å²) in [6.07, 6.45) is 5.76. The number of carbonyl (C=O) groups excluding carboxylic acids is 1.